The van der Waals surface area contributed by atoms with Gasteiger partial charge >= 0.3 is 6.03 Å². The second-order valence-corrected chi connectivity index (χ2v) is 4.57. The minimum absolute atomic E-state index is 0.362. The number of nitrogens with zero attached hydrogens (tertiary/aromatic N) is 1. The van der Waals surface area contributed by atoms with Gasteiger partial charge in [-0.1, -0.05) is 13.8 Å². The molecule has 0 radical (unpaired) electrons. The van der Waals surface area contributed by atoms with Crippen molar-refractivity contribution in [1.82, 2.24) is 5.32 Å². The number of ether oxygens (including phenoxy) is 2. The molecule has 0 unspecified atom stereocenters. The highest BCUT2D eigenvalue weighted by Crippen LogP contribution is 2.40. The quantitative estimate of drug-likeness (QED) is 0.571. The number of carbonyl (C=O) groups excluding carboxylic acids is 1. The van der Waals surface area contributed by atoms with E-state index in [1.807, 2.05) is 13.8 Å². The van der Waals surface area contributed by atoms with Crippen LogP contribution in [0.2, 0.25) is 0 Å². The Morgan fingerprint density at radius 3 is 1.95 bits per heavy atom. The van der Waals surface area contributed by atoms with Crippen molar-refractivity contribution in [3.63, 3.8) is 0 Å². The van der Waals surface area contributed by atoms with Crippen molar-refractivity contribution in [3.8, 4) is 11.5 Å². The normalized spacial score (nSPS) is 10.0. The molecule has 0 spiro atoms. The SMILES string of the molecule is CCc1c(OC)cc(OC)c(CC)c1N(C(=N)N)C(=O)NC. The van der Waals surface area contributed by atoms with E-state index in [0.717, 1.165) is 16.0 Å². The Balaban J connectivity index is 3.79. The Bertz CT molecular complexity index is 542. The first kappa shape index (κ1) is 17.6. The van der Waals surface area contributed by atoms with Gasteiger partial charge in [-0.25, -0.2) is 9.69 Å². The molecule has 7 heteroatoms. The molecule has 2 amide bonds. The highest BCUT2D eigenvalue weighted by atomic mass is 16.5. The summed E-state index contributed by atoms with van der Waals surface area (Å²) in [5.74, 6) is 0.836. The Labute approximate surface area is 130 Å². The highest BCUT2D eigenvalue weighted by Gasteiger charge is 2.27. The van der Waals surface area contributed by atoms with Gasteiger partial charge < -0.3 is 20.5 Å². The summed E-state index contributed by atoms with van der Waals surface area (Å²) in [5.41, 5.74) is 7.80. The van der Waals surface area contributed by atoms with Crippen molar-refractivity contribution in [2.24, 2.45) is 5.73 Å². The number of methoxy groups -OCH3 is 2. The zero-order chi connectivity index (χ0) is 16.9. The molecule has 0 bridgehead atoms. The Hall–Kier alpha value is -2.44. The van der Waals surface area contributed by atoms with Crippen molar-refractivity contribution >= 4 is 17.7 Å². The minimum atomic E-state index is -0.479. The van der Waals surface area contributed by atoms with Crippen molar-refractivity contribution in [2.75, 3.05) is 26.2 Å². The average molecular weight is 308 g/mol. The van der Waals surface area contributed by atoms with Gasteiger partial charge in [0.15, 0.2) is 0 Å². The number of hydrogen-bond acceptors (Lipinski definition) is 4. The molecule has 0 fully saturated rings. The summed E-state index contributed by atoms with van der Waals surface area (Å²) in [6.45, 7) is 3.91. The van der Waals surface area contributed by atoms with Crippen LogP contribution >= 0.6 is 0 Å². The average Bonchev–Trinajstić information content (AvgIpc) is 2.52. The summed E-state index contributed by atoms with van der Waals surface area (Å²) >= 11 is 0. The lowest BCUT2D eigenvalue weighted by atomic mass is 9.99. The van der Waals surface area contributed by atoms with Crippen LogP contribution in [0.25, 0.3) is 0 Å². The molecular formula is C15H24N4O3. The van der Waals surface area contributed by atoms with Gasteiger partial charge in [0.2, 0.25) is 5.96 Å². The lowest BCUT2D eigenvalue weighted by molar-refractivity contribution is 0.250. The molecule has 1 aromatic rings. The molecule has 7 nitrogen and oxygen atoms in total. The third kappa shape index (κ3) is 3.08. The maximum Gasteiger partial charge on any atom is 0.328 e. The number of nitrogens with one attached hydrogen (secondary N) is 2. The first-order chi connectivity index (χ1) is 10.5. The first-order valence-electron chi connectivity index (χ1n) is 7.09. The van der Waals surface area contributed by atoms with Crippen LogP contribution in [0.1, 0.15) is 25.0 Å². The standard InChI is InChI=1S/C15H24N4O3/c1-6-9-11(21-4)8-12(22-5)10(7-2)13(9)19(14(16)17)15(20)18-3/h8H,6-7H2,1-5H3,(H3,16,17)(H,18,20). The fourth-order valence-corrected chi connectivity index (χ4v) is 2.47. The summed E-state index contributed by atoms with van der Waals surface area (Å²) in [5, 5.41) is 10.3. The molecule has 1 aromatic carbocycles. The second-order valence-electron chi connectivity index (χ2n) is 4.57. The number of anilines is 1. The zero-order valence-electron chi connectivity index (χ0n) is 13.7. The zero-order valence-corrected chi connectivity index (χ0v) is 13.7. The number of amides is 2. The van der Waals surface area contributed by atoms with E-state index in [1.165, 1.54) is 7.05 Å². The molecule has 0 atom stereocenters. The molecule has 0 aromatic heterocycles. The van der Waals surface area contributed by atoms with Gasteiger partial charge in [0.1, 0.15) is 11.5 Å². The van der Waals surface area contributed by atoms with Crippen molar-refractivity contribution in [3.05, 3.63) is 17.2 Å². The minimum Gasteiger partial charge on any atom is -0.496 e. The predicted molar refractivity (Wildman–Crippen MR) is 87.2 cm³/mol. The lowest BCUT2D eigenvalue weighted by Crippen LogP contribution is -2.47. The van der Waals surface area contributed by atoms with Gasteiger partial charge in [-0.3, -0.25) is 5.41 Å². The molecule has 4 N–H and O–H groups in total. The predicted octanol–water partition coefficient (Wildman–Crippen LogP) is 1.87. The van der Waals surface area contributed by atoms with Crippen LogP contribution in [0.4, 0.5) is 10.5 Å². The maximum absolute atomic E-state index is 12.2. The fraction of sp³-hybridized carbons (Fsp3) is 0.467. The number of guanidine groups is 1. The van der Waals surface area contributed by atoms with E-state index in [4.69, 9.17) is 20.6 Å². The van der Waals surface area contributed by atoms with Gasteiger partial charge in [0.05, 0.1) is 19.9 Å². The molecule has 0 aliphatic heterocycles. The summed E-state index contributed by atoms with van der Waals surface area (Å²) in [6.07, 6.45) is 1.24. The van der Waals surface area contributed by atoms with Crippen LogP contribution in [0.5, 0.6) is 11.5 Å². The number of nitrogens with two attached hydrogens (primary N) is 1. The van der Waals surface area contributed by atoms with E-state index in [9.17, 15) is 4.79 Å². The van der Waals surface area contributed by atoms with E-state index in [1.54, 1.807) is 20.3 Å². The van der Waals surface area contributed by atoms with Gasteiger partial charge in [0.25, 0.3) is 0 Å². The topological polar surface area (TPSA) is 101 Å². The van der Waals surface area contributed by atoms with E-state index in [-0.39, 0.29) is 5.96 Å². The summed E-state index contributed by atoms with van der Waals surface area (Å²) < 4.78 is 10.8. The van der Waals surface area contributed by atoms with E-state index in [0.29, 0.717) is 30.0 Å². The third-order valence-electron chi connectivity index (χ3n) is 3.46. The molecule has 0 heterocycles. The third-order valence-corrected chi connectivity index (χ3v) is 3.46. The number of carbonyl (C=O) groups is 1. The van der Waals surface area contributed by atoms with E-state index in [2.05, 4.69) is 5.32 Å². The molecule has 0 aliphatic carbocycles. The molecule has 0 saturated carbocycles. The van der Waals surface area contributed by atoms with Gasteiger partial charge in [0, 0.05) is 24.2 Å². The van der Waals surface area contributed by atoms with Gasteiger partial charge in [-0.05, 0) is 12.8 Å². The van der Waals surface area contributed by atoms with E-state index >= 15 is 0 Å². The highest BCUT2D eigenvalue weighted by molar-refractivity contribution is 6.15. The van der Waals surface area contributed by atoms with Crippen molar-refractivity contribution in [1.29, 1.82) is 5.41 Å². The van der Waals surface area contributed by atoms with Crippen LogP contribution in [-0.4, -0.2) is 33.3 Å². The number of hydrogen-bond donors (Lipinski definition) is 3. The largest absolute Gasteiger partial charge is 0.496 e. The molecule has 0 saturated heterocycles. The van der Waals surface area contributed by atoms with Crippen LogP contribution in [-0.2, 0) is 12.8 Å². The molecule has 1 rings (SSSR count). The monoisotopic (exact) mass is 308 g/mol. The Kier molecular flexibility index (Phi) is 6.03. The first-order valence-corrected chi connectivity index (χ1v) is 7.09. The van der Waals surface area contributed by atoms with Crippen LogP contribution in [0.3, 0.4) is 0 Å². The van der Waals surface area contributed by atoms with Gasteiger partial charge in [-0.2, -0.15) is 0 Å². The van der Waals surface area contributed by atoms with Gasteiger partial charge in [-0.15, -0.1) is 0 Å². The molecule has 0 aliphatic rings. The smallest absolute Gasteiger partial charge is 0.328 e. The lowest BCUT2D eigenvalue weighted by Gasteiger charge is -2.27. The number of urea groups is 1. The van der Waals surface area contributed by atoms with Crippen molar-refractivity contribution in [2.45, 2.75) is 26.7 Å². The Morgan fingerprint density at radius 2 is 1.68 bits per heavy atom. The summed E-state index contributed by atoms with van der Waals surface area (Å²) in [6, 6.07) is 1.32. The molecule has 122 valence electrons. The summed E-state index contributed by atoms with van der Waals surface area (Å²) in [7, 11) is 4.61. The van der Waals surface area contributed by atoms with Crippen LogP contribution in [0.15, 0.2) is 6.07 Å². The fourth-order valence-electron chi connectivity index (χ4n) is 2.47. The Morgan fingerprint density at radius 1 is 1.23 bits per heavy atom. The molecular weight excluding hydrogens is 284 g/mol. The van der Waals surface area contributed by atoms with Crippen LogP contribution < -0.4 is 25.4 Å². The number of benzene rings is 1. The number of rotatable bonds is 5. The van der Waals surface area contributed by atoms with E-state index < -0.39 is 6.03 Å². The molecule has 22 heavy (non-hydrogen) atoms. The second kappa shape index (κ2) is 7.53. The summed E-state index contributed by atoms with van der Waals surface area (Å²) in [4.78, 5) is 13.3. The van der Waals surface area contributed by atoms with Crippen LogP contribution in [0, 0.1) is 5.41 Å². The maximum atomic E-state index is 12.2. The van der Waals surface area contributed by atoms with Crippen molar-refractivity contribution < 1.29 is 14.3 Å².